The number of nitrogens with one attached hydrogen (secondary N) is 1. The fraction of sp³-hybridized carbons (Fsp3) is 0.450. The SMILES string of the molecule is COC1=CC(OC)=C(C(=O)NC(C)C)[C@@H]2[C@H]1[C@@]2(C)c1ccccc1. The van der Waals surface area contributed by atoms with Crippen molar-refractivity contribution in [3.8, 4) is 0 Å². The smallest absolute Gasteiger partial charge is 0.251 e. The Morgan fingerprint density at radius 3 is 2.33 bits per heavy atom. The fourth-order valence-corrected chi connectivity index (χ4v) is 3.99. The van der Waals surface area contributed by atoms with Crippen LogP contribution in [0.25, 0.3) is 0 Å². The number of ether oxygens (including phenoxy) is 2. The van der Waals surface area contributed by atoms with Crippen LogP contribution in [-0.4, -0.2) is 26.2 Å². The van der Waals surface area contributed by atoms with Crippen LogP contribution in [0.4, 0.5) is 0 Å². The molecule has 0 spiro atoms. The number of hydrogen-bond acceptors (Lipinski definition) is 3. The largest absolute Gasteiger partial charge is 0.501 e. The molecule has 4 heteroatoms. The van der Waals surface area contributed by atoms with E-state index in [0.29, 0.717) is 5.76 Å². The molecular formula is C20H25NO3. The maximum Gasteiger partial charge on any atom is 0.251 e. The number of hydrogen-bond donors (Lipinski definition) is 1. The number of allylic oxidation sites excluding steroid dienone is 2. The van der Waals surface area contributed by atoms with E-state index in [1.165, 1.54) is 5.56 Å². The molecule has 0 saturated heterocycles. The van der Waals surface area contributed by atoms with Gasteiger partial charge in [-0.2, -0.15) is 0 Å². The van der Waals surface area contributed by atoms with Crippen molar-refractivity contribution in [2.45, 2.75) is 32.2 Å². The monoisotopic (exact) mass is 327 g/mol. The van der Waals surface area contributed by atoms with Crippen molar-refractivity contribution in [2.75, 3.05) is 14.2 Å². The molecule has 1 saturated carbocycles. The van der Waals surface area contributed by atoms with E-state index < -0.39 is 0 Å². The third-order valence-electron chi connectivity index (χ3n) is 5.19. The Morgan fingerprint density at radius 2 is 1.79 bits per heavy atom. The Kier molecular flexibility index (Phi) is 4.16. The van der Waals surface area contributed by atoms with Gasteiger partial charge in [-0.05, 0) is 19.4 Å². The van der Waals surface area contributed by atoms with Crippen molar-refractivity contribution in [3.05, 3.63) is 59.1 Å². The predicted octanol–water partition coefficient (Wildman–Crippen LogP) is 3.16. The van der Waals surface area contributed by atoms with Crippen molar-refractivity contribution in [1.82, 2.24) is 5.32 Å². The van der Waals surface area contributed by atoms with Gasteiger partial charge in [0.15, 0.2) is 0 Å². The van der Waals surface area contributed by atoms with Gasteiger partial charge < -0.3 is 14.8 Å². The van der Waals surface area contributed by atoms with Crippen molar-refractivity contribution in [1.29, 1.82) is 0 Å². The first-order chi connectivity index (χ1) is 11.4. The predicted molar refractivity (Wildman–Crippen MR) is 93.2 cm³/mol. The Hall–Kier alpha value is -2.23. The highest BCUT2D eigenvalue weighted by Gasteiger charge is 2.68. The second kappa shape index (κ2) is 6.00. The van der Waals surface area contributed by atoms with Crippen molar-refractivity contribution in [3.63, 3.8) is 0 Å². The van der Waals surface area contributed by atoms with Crippen LogP contribution in [0.2, 0.25) is 0 Å². The lowest BCUT2D eigenvalue weighted by molar-refractivity contribution is -0.118. The number of carbonyl (C=O) groups is 1. The molecule has 0 radical (unpaired) electrons. The molecule has 0 heterocycles. The van der Waals surface area contributed by atoms with Gasteiger partial charge in [-0.15, -0.1) is 0 Å². The Morgan fingerprint density at radius 1 is 1.12 bits per heavy atom. The number of benzene rings is 1. The van der Waals surface area contributed by atoms with Crippen molar-refractivity contribution >= 4 is 5.91 Å². The fourth-order valence-electron chi connectivity index (χ4n) is 3.99. The molecule has 2 aliphatic carbocycles. The molecule has 0 unspecified atom stereocenters. The lowest BCUT2D eigenvalue weighted by Gasteiger charge is -2.19. The van der Waals surface area contributed by atoms with Crippen LogP contribution in [0.5, 0.6) is 0 Å². The van der Waals surface area contributed by atoms with E-state index in [2.05, 4.69) is 24.4 Å². The maximum absolute atomic E-state index is 12.8. The van der Waals surface area contributed by atoms with Gasteiger partial charge in [-0.25, -0.2) is 0 Å². The minimum absolute atomic E-state index is 0.0529. The van der Waals surface area contributed by atoms with Gasteiger partial charge in [-0.3, -0.25) is 4.79 Å². The van der Waals surface area contributed by atoms with Gasteiger partial charge >= 0.3 is 0 Å². The summed E-state index contributed by atoms with van der Waals surface area (Å²) in [5, 5.41) is 3.01. The number of carbonyl (C=O) groups excluding carboxylic acids is 1. The zero-order valence-electron chi connectivity index (χ0n) is 14.9. The molecule has 1 aromatic carbocycles. The molecule has 0 aliphatic heterocycles. The summed E-state index contributed by atoms with van der Waals surface area (Å²) >= 11 is 0. The van der Waals surface area contributed by atoms with Gasteiger partial charge in [0.1, 0.15) is 11.5 Å². The highest BCUT2D eigenvalue weighted by molar-refractivity contribution is 5.97. The lowest BCUT2D eigenvalue weighted by atomic mass is 9.92. The standard InChI is InChI=1S/C20H25NO3/c1-12(2)21-19(22)16-14(23-4)11-15(24-5)17-18(16)20(17,3)13-9-7-6-8-10-13/h6-12,17-18H,1-5H3,(H,21,22)/t17-,18+,20+/m0/s1. The topological polar surface area (TPSA) is 47.6 Å². The Balaban J connectivity index is 2.08. The van der Waals surface area contributed by atoms with Crippen molar-refractivity contribution in [2.24, 2.45) is 11.8 Å². The van der Waals surface area contributed by atoms with Gasteiger partial charge in [0.05, 0.1) is 19.8 Å². The van der Waals surface area contributed by atoms with E-state index in [1.54, 1.807) is 14.2 Å². The van der Waals surface area contributed by atoms with Crippen LogP contribution in [0, 0.1) is 11.8 Å². The maximum atomic E-state index is 12.8. The van der Waals surface area contributed by atoms with E-state index in [-0.39, 0.29) is 29.2 Å². The van der Waals surface area contributed by atoms with Gasteiger partial charge in [0.2, 0.25) is 0 Å². The van der Waals surface area contributed by atoms with E-state index in [9.17, 15) is 4.79 Å². The van der Waals surface area contributed by atoms with E-state index in [1.807, 2.05) is 38.1 Å². The third-order valence-corrected chi connectivity index (χ3v) is 5.19. The molecule has 1 N–H and O–H groups in total. The van der Waals surface area contributed by atoms with E-state index >= 15 is 0 Å². The molecule has 1 aromatic rings. The van der Waals surface area contributed by atoms with Gasteiger partial charge in [0, 0.05) is 29.4 Å². The number of methoxy groups -OCH3 is 2. The van der Waals surface area contributed by atoms with Gasteiger partial charge in [-0.1, -0.05) is 37.3 Å². The summed E-state index contributed by atoms with van der Waals surface area (Å²) < 4.78 is 11.1. The quantitative estimate of drug-likeness (QED) is 0.904. The first kappa shape index (κ1) is 16.6. The van der Waals surface area contributed by atoms with E-state index in [4.69, 9.17) is 9.47 Å². The third kappa shape index (κ3) is 2.41. The highest BCUT2D eigenvalue weighted by Crippen LogP contribution is 2.68. The highest BCUT2D eigenvalue weighted by atomic mass is 16.5. The first-order valence-electron chi connectivity index (χ1n) is 8.35. The van der Waals surface area contributed by atoms with Crippen LogP contribution < -0.4 is 5.32 Å². The summed E-state index contributed by atoms with van der Waals surface area (Å²) in [7, 11) is 3.28. The molecule has 3 rings (SSSR count). The summed E-state index contributed by atoms with van der Waals surface area (Å²) in [6.45, 7) is 6.13. The molecule has 3 atom stereocenters. The molecule has 24 heavy (non-hydrogen) atoms. The first-order valence-corrected chi connectivity index (χ1v) is 8.35. The molecule has 128 valence electrons. The summed E-state index contributed by atoms with van der Waals surface area (Å²) in [6.07, 6.45) is 1.87. The molecule has 1 fully saturated rings. The summed E-state index contributed by atoms with van der Waals surface area (Å²) in [4.78, 5) is 12.8. The number of amides is 1. The number of fused-ring (bicyclic) bond motifs is 1. The van der Waals surface area contributed by atoms with Crippen LogP contribution in [-0.2, 0) is 19.7 Å². The number of rotatable bonds is 5. The molecule has 0 aromatic heterocycles. The summed E-state index contributed by atoms with van der Waals surface area (Å²) in [5.74, 6) is 1.66. The molecule has 2 aliphatic rings. The van der Waals surface area contributed by atoms with Crippen molar-refractivity contribution < 1.29 is 14.3 Å². The molecule has 4 nitrogen and oxygen atoms in total. The summed E-state index contributed by atoms with van der Waals surface area (Å²) in [6, 6.07) is 10.4. The van der Waals surface area contributed by atoms with Crippen LogP contribution in [0.1, 0.15) is 26.3 Å². The van der Waals surface area contributed by atoms with Gasteiger partial charge in [0.25, 0.3) is 5.91 Å². The second-order valence-corrected chi connectivity index (χ2v) is 6.97. The molecular weight excluding hydrogens is 302 g/mol. The zero-order valence-corrected chi connectivity index (χ0v) is 14.9. The zero-order chi connectivity index (χ0) is 17.5. The van der Waals surface area contributed by atoms with Crippen LogP contribution >= 0.6 is 0 Å². The van der Waals surface area contributed by atoms with Crippen LogP contribution in [0.3, 0.4) is 0 Å². The average molecular weight is 327 g/mol. The lowest BCUT2D eigenvalue weighted by Crippen LogP contribution is -2.34. The van der Waals surface area contributed by atoms with Crippen LogP contribution in [0.15, 0.2) is 53.5 Å². The normalized spacial score (nSPS) is 28.2. The average Bonchev–Trinajstić information content (AvgIpc) is 3.21. The minimum atomic E-state index is -0.160. The molecule has 1 amide bonds. The molecule has 0 bridgehead atoms. The van der Waals surface area contributed by atoms with E-state index in [0.717, 1.165) is 11.3 Å². The minimum Gasteiger partial charge on any atom is -0.501 e. The second-order valence-electron chi connectivity index (χ2n) is 6.97. The summed E-state index contributed by atoms with van der Waals surface area (Å²) in [5.41, 5.74) is 1.78. The Labute approximate surface area is 143 Å². The Bertz CT molecular complexity index is 705.